The van der Waals surface area contributed by atoms with Gasteiger partial charge in [0.25, 0.3) is 0 Å². The Bertz CT molecular complexity index is 443. The molecule has 2 saturated heterocycles. The highest BCUT2D eigenvalue weighted by molar-refractivity contribution is 5.85. The van der Waals surface area contributed by atoms with E-state index in [1.807, 2.05) is 0 Å². The third-order valence-corrected chi connectivity index (χ3v) is 4.55. The van der Waals surface area contributed by atoms with E-state index >= 15 is 0 Å². The van der Waals surface area contributed by atoms with E-state index in [0.717, 1.165) is 39.0 Å². The molecular weight excluding hydrogens is 345 g/mol. The molecule has 3 rings (SSSR count). The Labute approximate surface area is 148 Å². The van der Waals surface area contributed by atoms with Crippen molar-refractivity contribution in [2.24, 2.45) is 5.92 Å². The summed E-state index contributed by atoms with van der Waals surface area (Å²) in [6.45, 7) is 4.77. The molecule has 0 bridgehead atoms. The van der Waals surface area contributed by atoms with Crippen molar-refractivity contribution in [3.05, 3.63) is 35.4 Å². The summed E-state index contributed by atoms with van der Waals surface area (Å²) in [5.74, 6) is -0.599. The fourth-order valence-corrected chi connectivity index (χ4v) is 3.50. The Hall–Kier alpha value is -0.460. The predicted molar refractivity (Wildman–Crippen MR) is 91.6 cm³/mol. The zero-order valence-electron chi connectivity index (χ0n) is 13.0. The van der Waals surface area contributed by atoms with E-state index in [9.17, 15) is 8.78 Å². The van der Waals surface area contributed by atoms with Gasteiger partial charge in [0.05, 0.1) is 0 Å². The molecule has 23 heavy (non-hydrogen) atoms. The molecule has 3 nitrogen and oxygen atoms in total. The lowest BCUT2D eigenvalue weighted by atomic mass is 9.85. The van der Waals surface area contributed by atoms with E-state index in [1.54, 1.807) is 0 Å². The monoisotopic (exact) mass is 368 g/mol. The molecule has 0 spiro atoms. The summed E-state index contributed by atoms with van der Waals surface area (Å²) in [6.07, 6.45) is 1.73. The van der Waals surface area contributed by atoms with Crippen LogP contribution in [0.25, 0.3) is 0 Å². The Balaban J connectivity index is 0.00000132. The van der Waals surface area contributed by atoms with Crippen LogP contribution in [-0.2, 0) is 4.74 Å². The molecular formula is C16H24Cl2F2N2O. The van der Waals surface area contributed by atoms with Crippen LogP contribution in [0.5, 0.6) is 0 Å². The van der Waals surface area contributed by atoms with Crippen molar-refractivity contribution in [1.82, 2.24) is 10.2 Å². The lowest BCUT2D eigenvalue weighted by Gasteiger charge is -2.41. The molecule has 0 unspecified atom stereocenters. The van der Waals surface area contributed by atoms with Crippen LogP contribution < -0.4 is 5.32 Å². The SMILES string of the molecule is Cl.Cl.Fc1cccc(F)c1[C@@H](C1CCOCC1)N1CCNCC1. The van der Waals surface area contributed by atoms with Crippen LogP contribution in [0.3, 0.4) is 0 Å². The highest BCUT2D eigenvalue weighted by Gasteiger charge is 2.34. The number of hydrogen-bond acceptors (Lipinski definition) is 3. The first-order chi connectivity index (χ1) is 10.3. The molecule has 2 heterocycles. The third-order valence-electron chi connectivity index (χ3n) is 4.55. The minimum absolute atomic E-state index is 0. The molecule has 1 aromatic carbocycles. The van der Waals surface area contributed by atoms with Crippen molar-refractivity contribution < 1.29 is 13.5 Å². The molecule has 0 aliphatic carbocycles. The minimum atomic E-state index is -0.426. The Morgan fingerprint density at radius 2 is 1.61 bits per heavy atom. The van der Waals surface area contributed by atoms with Gasteiger partial charge in [-0.2, -0.15) is 0 Å². The molecule has 0 saturated carbocycles. The number of ether oxygens (including phenoxy) is 1. The highest BCUT2D eigenvalue weighted by Crippen LogP contribution is 2.37. The molecule has 7 heteroatoms. The van der Waals surface area contributed by atoms with E-state index in [2.05, 4.69) is 10.2 Å². The van der Waals surface area contributed by atoms with Crippen LogP contribution in [0.2, 0.25) is 0 Å². The van der Waals surface area contributed by atoms with Gasteiger partial charge in [0.15, 0.2) is 0 Å². The van der Waals surface area contributed by atoms with E-state index < -0.39 is 11.6 Å². The number of nitrogens with one attached hydrogen (secondary N) is 1. The van der Waals surface area contributed by atoms with Gasteiger partial charge in [-0.05, 0) is 30.9 Å². The molecule has 0 aromatic heterocycles. The van der Waals surface area contributed by atoms with Crippen LogP contribution in [-0.4, -0.2) is 44.3 Å². The summed E-state index contributed by atoms with van der Waals surface area (Å²) in [6, 6.07) is 3.99. The second-order valence-electron chi connectivity index (χ2n) is 5.82. The second kappa shape index (κ2) is 9.74. The van der Waals surface area contributed by atoms with Gasteiger partial charge in [0.1, 0.15) is 11.6 Å². The van der Waals surface area contributed by atoms with Gasteiger partial charge >= 0.3 is 0 Å². The average molecular weight is 369 g/mol. The second-order valence-corrected chi connectivity index (χ2v) is 5.82. The molecule has 2 fully saturated rings. The topological polar surface area (TPSA) is 24.5 Å². The third kappa shape index (κ3) is 4.77. The molecule has 1 atom stereocenters. The zero-order valence-corrected chi connectivity index (χ0v) is 14.6. The van der Waals surface area contributed by atoms with Crippen LogP contribution in [0.4, 0.5) is 8.78 Å². The summed E-state index contributed by atoms with van der Waals surface area (Å²) in [7, 11) is 0. The highest BCUT2D eigenvalue weighted by atomic mass is 35.5. The first kappa shape index (κ1) is 20.6. The molecule has 2 aliphatic rings. The van der Waals surface area contributed by atoms with Gasteiger partial charge in [-0.3, -0.25) is 4.90 Å². The summed E-state index contributed by atoms with van der Waals surface area (Å²) >= 11 is 0. The molecule has 1 aromatic rings. The zero-order chi connectivity index (χ0) is 14.7. The van der Waals surface area contributed by atoms with Crippen molar-refractivity contribution >= 4 is 24.8 Å². The predicted octanol–water partition coefficient (Wildman–Crippen LogP) is 3.18. The fourth-order valence-electron chi connectivity index (χ4n) is 3.50. The largest absolute Gasteiger partial charge is 0.381 e. The standard InChI is InChI=1S/C16H22F2N2O.2ClH/c17-13-2-1-3-14(18)15(13)16(12-4-10-21-11-5-12)20-8-6-19-7-9-20;;/h1-3,12,16,19H,4-11H2;2*1H/t16-;;/m1../s1. The van der Waals surface area contributed by atoms with E-state index in [4.69, 9.17) is 4.74 Å². The maximum absolute atomic E-state index is 14.3. The van der Waals surface area contributed by atoms with E-state index in [0.29, 0.717) is 13.2 Å². The number of nitrogens with zero attached hydrogens (tertiary/aromatic N) is 1. The lowest BCUT2D eigenvalue weighted by molar-refractivity contribution is 0.0192. The maximum atomic E-state index is 14.3. The van der Waals surface area contributed by atoms with Gasteiger partial charge in [-0.25, -0.2) is 8.78 Å². The normalized spacial score (nSPS) is 21.1. The van der Waals surface area contributed by atoms with E-state index in [-0.39, 0.29) is 42.3 Å². The van der Waals surface area contributed by atoms with Crippen molar-refractivity contribution in [3.63, 3.8) is 0 Å². The lowest BCUT2D eigenvalue weighted by Crippen LogP contribution is -2.48. The number of hydrogen-bond donors (Lipinski definition) is 1. The number of rotatable bonds is 3. The first-order valence-electron chi connectivity index (χ1n) is 7.74. The summed E-state index contributed by atoms with van der Waals surface area (Å²) < 4.78 is 34.0. The molecule has 1 N–H and O–H groups in total. The Morgan fingerprint density at radius 1 is 1.04 bits per heavy atom. The number of benzene rings is 1. The Morgan fingerprint density at radius 3 is 2.17 bits per heavy atom. The molecule has 0 amide bonds. The molecule has 0 radical (unpaired) electrons. The van der Waals surface area contributed by atoms with Gasteiger partial charge in [-0.1, -0.05) is 6.07 Å². The first-order valence-corrected chi connectivity index (χ1v) is 7.74. The van der Waals surface area contributed by atoms with Crippen LogP contribution in [0, 0.1) is 17.6 Å². The maximum Gasteiger partial charge on any atom is 0.130 e. The number of piperazine rings is 1. The molecule has 2 aliphatic heterocycles. The summed E-state index contributed by atoms with van der Waals surface area (Å²) in [5.41, 5.74) is 0.242. The summed E-state index contributed by atoms with van der Waals surface area (Å²) in [4.78, 5) is 2.23. The van der Waals surface area contributed by atoms with Crippen molar-refractivity contribution in [3.8, 4) is 0 Å². The van der Waals surface area contributed by atoms with Gasteiger partial charge in [0, 0.05) is 51.0 Å². The van der Waals surface area contributed by atoms with Crippen LogP contribution in [0.15, 0.2) is 18.2 Å². The van der Waals surface area contributed by atoms with E-state index in [1.165, 1.54) is 18.2 Å². The Kier molecular flexibility index (Phi) is 8.72. The van der Waals surface area contributed by atoms with Gasteiger partial charge in [-0.15, -0.1) is 24.8 Å². The van der Waals surface area contributed by atoms with Gasteiger partial charge < -0.3 is 10.1 Å². The summed E-state index contributed by atoms with van der Waals surface area (Å²) in [5, 5.41) is 3.30. The van der Waals surface area contributed by atoms with Crippen molar-refractivity contribution in [2.45, 2.75) is 18.9 Å². The van der Waals surface area contributed by atoms with Gasteiger partial charge in [0.2, 0.25) is 0 Å². The van der Waals surface area contributed by atoms with Crippen molar-refractivity contribution in [1.29, 1.82) is 0 Å². The minimum Gasteiger partial charge on any atom is -0.381 e. The fraction of sp³-hybridized carbons (Fsp3) is 0.625. The quantitative estimate of drug-likeness (QED) is 0.886. The molecule has 132 valence electrons. The number of halogens is 4. The van der Waals surface area contributed by atoms with Crippen molar-refractivity contribution in [2.75, 3.05) is 39.4 Å². The smallest absolute Gasteiger partial charge is 0.130 e. The van der Waals surface area contributed by atoms with Crippen LogP contribution >= 0.6 is 24.8 Å². The van der Waals surface area contributed by atoms with Crippen LogP contribution in [0.1, 0.15) is 24.4 Å². The average Bonchev–Trinajstić information content (AvgIpc) is 2.53.